The van der Waals surface area contributed by atoms with Gasteiger partial charge in [0, 0.05) is 6.42 Å². The second-order valence-electron chi connectivity index (χ2n) is 5.80. The zero-order valence-corrected chi connectivity index (χ0v) is 11.0. The minimum Gasteiger partial charge on any atom is -0.548 e. The highest BCUT2D eigenvalue weighted by atomic mass is 16.6. The maximum atomic E-state index is 11.7. The van der Waals surface area contributed by atoms with Crippen molar-refractivity contribution in [3.05, 3.63) is 0 Å². The number of hydrogen-bond donors (Lipinski definition) is 1. The monoisotopic (exact) mass is 258 g/mol. The Morgan fingerprint density at radius 3 is 2.56 bits per heavy atom. The van der Waals surface area contributed by atoms with Crippen LogP contribution in [0.25, 0.3) is 0 Å². The smallest absolute Gasteiger partial charge is 0.410 e. The molecule has 0 spiro atoms. The fourth-order valence-corrected chi connectivity index (χ4v) is 1.77. The largest absolute Gasteiger partial charge is 0.548 e. The molecule has 2 atom stereocenters. The number of β-amino-alcohol motifs (C(OH)–C–C–N with tert-alkyl or cyclic N) is 1. The maximum absolute atomic E-state index is 11.7. The van der Waals surface area contributed by atoms with E-state index in [1.165, 1.54) is 0 Å². The van der Waals surface area contributed by atoms with E-state index in [2.05, 4.69) is 0 Å². The fourth-order valence-electron chi connectivity index (χ4n) is 1.77. The molecule has 0 aromatic carbocycles. The first-order valence-electron chi connectivity index (χ1n) is 6.03. The number of aliphatic hydroxyl groups excluding tert-OH is 1. The summed E-state index contributed by atoms with van der Waals surface area (Å²) in [5.41, 5.74) is 0.0402. The van der Waals surface area contributed by atoms with Crippen LogP contribution in [0, 0.1) is 5.41 Å². The Morgan fingerprint density at radius 2 is 2.06 bits per heavy atom. The van der Waals surface area contributed by atoms with Crippen molar-refractivity contribution >= 4 is 12.1 Å². The average molecular weight is 258 g/mol. The lowest BCUT2D eigenvalue weighted by molar-refractivity contribution is -0.310. The molecule has 0 radical (unpaired) electrons. The van der Waals surface area contributed by atoms with E-state index in [0.29, 0.717) is 6.42 Å². The van der Waals surface area contributed by atoms with Crippen molar-refractivity contribution in [2.75, 3.05) is 13.2 Å². The lowest BCUT2D eigenvalue weighted by Crippen LogP contribution is -2.47. The second-order valence-corrected chi connectivity index (χ2v) is 5.80. The molecule has 0 saturated carbocycles. The quantitative estimate of drug-likeness (QED) is 0.753. The molecule has 0 aliphatic carbocycles. The van der Waals surface area contributed by atoms with Crippen LogP contribution in [0.15, 0.2) is 0 Å². The predicted molar refractivity (Wildman–Crippen MR) is 61.5 cm³/mol. The highest BCUT2D eigenvalue weighted by molar-refractivity contribution is 5.79. The summed E-state index contributed by atoms with van der Waals surface area (Å²) < 4.78 is 5.02. The molecule has 1 fully saturated rings. The summed E-state index contributed by atoms with van der Waals surface area (Å²) in [7, 11) is 0. The molecule has 1 saturated heterocycles. The van der Waals surface area contributed by atoms with Crippen LogP contribution in [0.2, 0.25) is 0 Å². The Balaban J connectivity index is 2.48. The molecule has 104 valence electrons. The zero-order chi connectivity index (χ0) is 13.9. The number of carboxylic acids is 1. The number of carbonyl (C=O) groups excluding carboxylic acids is 2. The standard InChI is InChI=1S/C12H21NO5/c1-12(2,3)4-5-18-11(17)13-7-8(14)6-9(13)10(15)16/h8-9,14H,4-7H2,1-3H3,(H,15,16)/p-1/t8-,9-/m0/s1. The lowest BCUT2D eigenvalue weighted by atomic mass is 9.93. The molecule has 18 heavy (non-hydrogen) atoms. The first kappa shape index (κ1) is 14.8. The van der Waals surface area contributed by atoms with Gasteiger partial charge >= 0.3 is 6.09 Å². The summed E-state index contributed by atoms with van der Waals surface area (Å²) in [6, 6.07) is -1.10. The van der Waals surface area contributed by atoms with Gasteiger partial charge in [0.05, 0.1) is 31.3 Å². The normalized spacial score (nSPS) is 24.1. The van der Waals surface area contributed by atoms with Gasteiger partial charge in [-0.2, -0.15) is 0 Å². The molecule has 1 heterocycles. The highest BCUT2D eigenvalue weighted by Crippen LogP contribution is 2.21. The van der Waals surface area contributed by atoms with Crippen molar-refractivity contribution in [2.24, 2.45) is 5.41 Å². The van der Waals surface area contributed by atoms with Crippen molar-refractivity contribution in [2.45, 2.75) is 45.8 Å². The van der Waals surface area contributed by atoms with Crippen LogP contribution in [0.4, 0.5) is 4.79 Å². The number of rotatable bonds is 3. The van der Waals surface area contributed by atoms with Gasteiger partial charge in [0.2, 0.25) is 0 Å². The Kier molecular flexibility index (Phi) is 4.56. The topological polar surface area (TPSA) is 89.9 Å². The van der Waals surface area contributed by atoms with Gasteiger partial charge in [-0.05, 0) is 11.8 Å². The Hall–Kier alpha value is -1.30. The molecule has 0 bridgehead atoms. The van der Waals surface area contributed by atoms with Gasteiger partial charge < -0.3 is 19.7 Å². The number of likely N-dealkylation sites (tertiary alicyclic amines) is 1. The summed E-state index contributed by atoms with van der Waals surface area (Å²) >= 11 is 0. The first-order chi connectivity index (χ1) is 8.20. The van der Waals surface area contributed by atoms with Crippen LogP contribution in [-0.2, 0) is 9.53 Å². The molecule has 0 aromatic heterocycles. The van der Waals surface area contributed by atoms with Gasteiger partial charge in [0.15, 0.2) is 0 Å². The lowest BCUT2D eigenvalue weighted by Gasteiger charge is -2.25. The van der Waals surface area contributed by atoms with Gasteiger partial charge in [0.25, 0.3) is 0 Å². The number of aliphatic carboxylic acids is 1. The minimum atomic E-state index is -1.36. The van der Waals surface area contributed by atoms with Crippen molar-refractivity contribution in [1.29, 1.82) is 0 Å². The van der Waals surface area contributed by atoms with Crippen LogP contribution in [-0.4, -0.2) is 47.4 Å². The Labute approximate surface area is 107 Å². The summed E-state index contributed by atoms with van der Waals surface area (Å²) in [6.07, 6.45) is -0.852. The molecule has 0 unspecified atom stereocenters. The van der Waals surface area contributed by atoms with E-state index in [9.17, 15) is 19.8 Å². The number of hydrogen-bond acceptors (Lipinski definition) is 5. The summed E-state index contributed by atoms with van der Waals surface area (Å²) in [6.45, 7) is 6.26. The molecule has 0 aromatic rings. The van der Waals surface area contributed by atoms with Gasteiger partial charge in [-0.3, -0.25) is 4.90 Å². The van der Waals surface area contributed by atoms with Crippen LogP contribution in [0.5, 0.6) is 0 Å². The average Bonchev–Trinajstić information content (AvgIpc) is 2.58. The van der Waals surface area contributed by atoms with Crippen LogP contribution >= 0.6 is 0 Å². The highest BCUT2D eigenvalue weighted by Gasteiger charge is 2.36. The van der Waals surface area contributed by atoms with E-state index in [4.69, 9.17) is 4.74 Å². The number of aliphatic hydroxyl groups is 1. The molecular formula is C12H20NO5-. The van der Waals surface area contributed by atoms with E-state index in [1.807, 2.05) is 20.8 Å². The third-order valence-electron chi connectivity index (χ3n) is 2.86. The van der Waals surface area contributed by atoms with E-state index >= 15 is 0 Å². The van der Waals surface area contributed by atoms with Crippen molar-refractivity contribution in [1.82, 2.24) is 4.90 Å². The molecule has 1 aliphatic rings. The maximum Gasteiger partial charge on any atom is 0.410 e. The predicted octanol–water partition coefficient (Wildman–Crippen LogP) is -0.256. The van der Waals surface area contributed by atoms with Crippen LogP contribution in [0.1, 0.15) is 33.6 Å². The Bertz CT molecular complexity index is 323. The van der Waals surface area contributed by atoms with E-state index in [1.54, 1.807) is 0 Å². The third kappa shape index (κ3) is 4.18. The van der Waals surface area contributed by atoms with Gasteiger partial charge in [0.1, 0.15) is 0 Å². The number of carbonyl (C=O) groups is 2. The first-order valence-corrected chi connectivity index (χ1v) is 6.03. The number of ether oxygens (including phenoxy) is 1. The molecule has 1 rings (SSSR count). The number of carboxylic acid groups (broad SMARTS) is 1. The third-order valence-corrected chi connectivity index (χ3v) is 2.86. The summed E-state index contributed by atoms with van der Waals surface area (Å²) in [5.74, 6) is -1.36. The van der Waals surface area contributed by atoms with E-state index in [0.717, 1.165) is 4.90 Å². The Morgan fingerprint density at radius 1 is 1.44 bits per heavy atom. The van der Waals surface area contributed by atoms with E-state index < -0.39 is 24.2 Å². The molecular weight excluding hydrogens is 238 g/mol. The van der Waals surface area contributed by atoms with Crippen molar-refractivity contribution < 1.29 is 24.5 Å². The fraction of sp³-hybridized carbons (Fsp3) is 0.833. The number of nitrogens with zero attached hydrogens (tertiary/aromatic N) is 1. The summed E-state index contributed by atoms with van der Waals surface area (Å²) in [4.78, 5) is 23.5. The molecule has 1 N–H and O–H groups in total. The van der Waals surface area contributed by atoms with Gasteiger partial charge in [-0.25, -0.2) is 4.79 Å². The van der Waals surface area contributed by atoms with Crippen LogP contribution in [0.3, 0.4) is 0 Å². The van der Waals surface area contributed by atoms with Gasteiger partial charge in [-0.1, -0.05) is 20.8 Å². The zero-order valence-electron chi connectivity index (χ0n) is 11.0. The van der Waals surface area contributed by atoms with Gasteiger partial charge in [-0.15, -0.1) is 0 Å². The molecule has 6 heteroatoms. The summed E-state index contributed by atoms with van der Waals surface area (Å²) in [5, 5.41) is 20.2. The van der Waals surface area contributed by atoms with Crippen LogP contribution < -0.4 is 5.11 Å². The van der Waals surface area contributed by atoms with E-state index in [-0.39, 0.29) is 25.0 Å². The van der Waals surface area contributed by atoms with Crippen molar-refractivity contribution in [3.63, 3.8) is 0 Å². The van der Waals surface area contributed by atoms with Crippen molar-refractivity contribution in [3.8, 4) is 0 Å². The molecule has 1 amide bonds. The number of amides is 1. The minimum absolute atomic E-state index is 0.00327. The SMILES string of the molecule is CC(C)(C)CCOC(=O)N1C[C@@H](O)C[C@H]1C(=O)[O-]. The molecule has 6 nitrogen and oxygen atoms in total. The molecule has 1 aliphatic heterocycles. The second kappa shape index (κ2) is 5.56.